The first-order valence-corrected chi connectivity index (χ1v) is 9.30. The van der Waals surface area contributed by atoms with Crippen LogP contribution in [0.2, 0.25) is 0 Å². The van der Waals surface area contributed by atoms with Gasteiger partial charge in [0, 0.05) is 17.4 Å². The van der Waals surface area contributed by atoms with E-state index in [1.165, 1.54) is 16.7 Å². The van der Waals surface area contributed by atoms with Gasteiger partial charge in [0.05, 0.1) is 24.4 Å². The predicted molar refractivity (Wildman–Crippen MR) is 104 cm³/mol. The van der Waals surface area contributed by atoms with Crippen LogP contribution in [0.15, 0.2) is 41.8 Å². The summed E-state index contributed by atoms with van der Waals surface area (Å²) in [6.45, 7) is 6.88. The topological polar surface area (TPSA) is 31.4 Å². The van der Waals surface area contributed by atoms with Gasteiger partial charge in [-0.05, 0) is 61.7 Å². The Labute approximate surface area is 153 Å². The SMILES string of the molecule is CCOc1cc(C)c(-c2csc(Cc3ccc(OC)cc3)n2)cc1C. The van der Waals surface area contributed by atoms with Crippen LogP contribution in [0, 0.1) is 13.8 Å². The van der Waals surface area contributed by atoms with E-state index in [2.05, 4.69) is 43.5 Å². The molecule has 130 valence electrons. The third-order valence-electron chi connectivity index (χ3n) is 4.16. The summed E-state index contributed by atoms with van der Waals surface area (Å²) in [6, 6.07) is 12.4. The summed E-state index contributed by atoms with van der Waals surface area (Å²) in [4.78, 5) is 4.84. The molecule has 0 amide bonds. The van der Waals surface area contributed by atoms with Crippen molar-refractivity contribution < 1.29 is 9.47 Å². The van der Waals surface area contributed by atoms with Crippen LogP contribution in [0.3, 0.4) is 0 Å². The van der Waals surface area contributed by atoms with Crippen LogP contribution in [-0.2, 0) is 6.42 Å². The van der Waals surface area contributed by atoms with Gasteiger partial charge in [-0.1, -0.05) is 12.1 Å². The molecule has 0 N–H and O–H groups in total. The molecule has 0 fully saturated rings. The molecule has 2 aromatic carbocycles. The number of thiazole rings is 1. The van der Waals surface area contributed by atoms with Crippen LogP contribution < -0.4 is 9.47 Å². The van der Waals surface area contributed by atoms with Crippen molar-refractivity contribution in [2.75, 3.05) is 13.7 Å². The molecule has 0 unspecified atom stereocenters. The van der Waals surface area contributed by atoms with E-state index in [1.54, 1.807) is 18.4 Å². The Hall–Kier alpha value is -2.33. The molecule has 0 saturated carbocycles. The van der Waals surface area contributed by atoms with E-state index in [0.29, 0.717) is 6.61 Å². The molecule has 3 aromatic rings. The summed E-state index contributed by atoms with van der Waals surface area (Å²) in [5, 5.41) is 3.26. The normalized spacial score (nSPS) is 10.7. The molecular weight excluding hydrogens is 330 g/mol. The minimum atomic E-state index is 0.683. The molecule has 0 saturated heterocycles. The van der Waals surface area contributed by atoms with Crippen LogP contribution in [0.1, 0.15) is 28.6 Å². The zero-order valence-electron chi connectivity index (χ0n) is 15.1. The highest BCUT2D eigenvalue weighted by Crippen LogP contribution is 2.31. The summed E-state index contributed by atoms with van der Waals surface area (Å²) in [5.41, 5.74) is 5.79. The van der Waals surface area contributed by atoms with Gasteiger partial charge in [-0.15, -0.1) is 11.3 Å². The van der Waals surface area contributed by atoms with E-state index in [1.807, 2.05) is 19.1 Å². The second-order valence-corrected chi connectivity index (χ2v) is 6.96. The fourth-order valence-corrected chi connectivity index (χ4v) is 3.64. The number of methoxy groups -OCH3 is 1. The van der Waals surface area contributed by atoms with E-state index in [-0.39, 0.29) is 0 Å². The maximum atomic E-state index is 5.68. The van der Waals surface area contributed by atoms with Gasteiger partial charge in [0.15, 0.2) is 0 Å². The third-order valence-corrected chi connectivity index (χ3v) is 5.01. The lowest BCUT2D eigenvalue weighted by Gasteiger charge is -2.11. The molecule has 0 aliphatic rings. The highest BCUT2D eigenvalue weighted by molar-refractivity contribution is 7.10. The lowest BCUT2D eigenvalue weighted by Crippen LogP contribution is -1.96. The zero-order valence-corrected chi connectivity index (χ0v) is 15.9. The fourth-order valence-electron chi connectivity index (χ4n) is 2.81. The maximum absolute atomic E-state index is 5.68. The van der Waals surface area contributed by atoms with Crippen molar-refractivity contribution in [1.29, 1.82) is 0 Å². The van der Waals surface area contributed by atoms with E-state index in [0.717, 1.165) is 34.2 Å². The predicted octanol–water partition coefficient (Wildman–Crippen LogP) is 5.43. The number of hydrogen-bond acceptors (Lipinski definition) is 4. The molecule has 1 heterocycles. The van der Waals surface area contributed by atoms with Crippen molar-refractivity contribution in [2.24, 2.45) is 0 Å². The average Bonchev–Trinajstić information content (AvgIpc) is 3.07. The van der Waals surface area contributed by atoms with Gasteiger partial charge in [0.25, 0.3) is 0 Å². The minimum absolute atomic E-state index is 0.683. The van der Waals surface area contributed by atoms with E-state index in [4.69, 9.17) is 14.5 Å². The number of nitrogens with zero attached hydrogens (tertiary/aromatic N) is 1. The quantitative estimate of drug-likeness (QED) is 0.592. The average molecular weight is 353 g/mol. The van der Waals surface area contributed by atoms with Crippen molar-refractivity contribution in [2.45, 2.75) is 27.2 Å². The largest absolute Gasteiger partial charge is 0.497 e. The number of rotatable bonds is 6. The highest BCUT2D eigenvalue weighted by Gasteiger charge is 2.11. The van der Waals surface area contributed by atoms with E-state index >= 15 is 0 Å². The van der Waals surface area contributed by atoms with Crippen LogP contribution in [0.4, 0.5) is 0 Å². The molecule has 25 heavy (non-hydrogen) atoms. The molecule has 0 radical (unpaired) electrons. The Balaban J connectivity index is 1.82. The second-order valence-electron chi connectivity index (χ2n) is 6.02. The zero-order chi connectivity index (χ0) is 17.8. The first-order chi connectivity index (χ1) is 12.1. The molecule has 3 rings (SSSR count). The smallest absolute Gasteiger partial charge is 0.122 e. The number of ether oxygens (including phenoxy) is 2. The van der Waals surface area contributed by atoms with Crippen molar-refractivity contribution in [3.63, 3.8) is 0 Å². The molecule has 1 aromatic heterocycles. The summed E-state index contributed by atoms with van der Waals surface area (Å²) in [7, 11) is 1.68. The van der Waals surface area contributed by atoms with Gasteiger partial charge in [0.1, 0.15) is 11.5 Å². The van der Waals surface area contributed by atoms with Crippen molar-refractivity contribution in [3.05, 3.63) is 63.5 Å². The Morgan fingerprint density at radius 2 is 1.80 bits per heavy atom. The van der Waals surface area contributed by atoms with Crippen LogP contribution >= 0.6 is 11.3 Å². The first-order valence-electron chi connectivity index (χ1n) is 8.42. The highest BCUT2D eigenvalue weighted by atomic mass is 32.1. The van der Waals surface area contributed by atoms with Crippen LogP contribution in [0.5, 0.6) is 11.5 Å². The van der Waals surface area contributed by atoms with Gasteiger partial charge < -0.3 is 9.47 Å². The van der Waals surface area contributed by atoms with Gasteiger partial charge in [-0.2, -0.15) is 0 Å². The monoisotopic (exact) mass is 353 g/mol. The second kappa shape index (κ2) is 7.70. The van der Waals surface area contributed by atoms with Gasteiger partial charge in [-0.25, -0.2) is 4.98 Å². The molecule has 3 nitrogen and oxygen atoms in total. The summed E-state index contributed by atoms with van der Waals surface area (Å²) in [6.07, 6.45) is 0.837. The summed E-state index contributed by atoms with van der Waals surface area (Å²) >= 11 is 1.70. The maximum Gasteiger partial charge on any atom is 0.122 e. The van der Waals surface area contributed by atoms with Crippen LogP contribution in [0.25, 0.3) is 11.3 Å². The summed E-state index contributed by atoms with van der Waals surface area (Å²) in [5.74, 6) is 1.83. The summed E-state index contributed by atoms with van der Waals surface area (Å²) < 4.78 is 10.9. The molecule has 0 bridgehead atoms. The van der Waals surface area contributed by atoms with E-state index < -0.39 is 0 Å². The Morgan fingerprint density at radius 1 is 1.04 bits per heavy atom. The number of aryl methyl sites for hydroxylation is 2. The first kappa shape index (κ1) is 17.5. The number of aromatic nitrogens is 1. The Bertz CT molecular complexity index is 853. The van der Waals surface area contributed by atoms with Crippen molar-refractivity contribution in [1.82, 2.24) is 4.98 Å². The lowest BCUT2D eigenvalue weighted by atomic mass is 10.0. The lowest BCUT2D eigenvalue weighted by molar-refractivity contribution is 0.337. The van der Waals surface area contributed by atoms with Gasteiger partial charge in [0.2, 0.25) is 0 Å². The molecule has 0 atom stereocenters. The molecule has 0 aliphatic heterocycles. The molecule has 0 spiro atoms. The molecule has 0 aliphatic carbocycles. The van der Waals surface area contributed by atoms with Crippen molar-refractivity contribution >= 4 is 11.3 Å². The molecular formula is C21H23NO2S. The standard InChI is InChI=1S/C21H23NO2S/c1-5-24-20-11-14(2)18(10-15(20)3)19-13-25-21(22-19)12-16-6-8-17(23-4)9-7-16/h6-11,13H,5,12H2,1-4H3. The third kappa shape index (κ3) is 4.02. The van der Waals surface area contributed by atoms with Gasteiger partial charge >= 0.3 is 0 Å². The van der Waals surface area contributed by atoms with Gasteiger partial charge in [-0.3, -0.25) is 0 Å². The Morgan fingerprint density at radius 3 is 2.48 bits per heavy atom. The fraction of sp³-hybridized carbons (Fsp3) is 0.286. The molecule has 4 heteroatoms. The van der Waals surface area contributed by atoms with Crippen molar-refractivity contribution in [3.8, 4) is 22.8 Å². The number of benzene rings is 2. The van der Waals surface area contributed by atoms with Crippen LogP contribution in [-0.4, -0.2) is 18.7 Å². The Kier molecular flexibility index (Phi) is 5.39. The number of hydrogen-bond donors (Lipinski definition) is 0. The van der Waals surface area contributed by atoms with E-state index in [9.17, 15) is 0 Å². The minimum Gasteiger partial charge on any atom is -0.497 e.